The molecule has 0 radical (unpaired) electrons. The van der Waals surface area contributed by atoms with E-state index in [0.717, 1.165) is 32.6 Å². The minimum absolute atomic E-state index is 0.0205. The molecule has 4 aliphatic heterocycles. The van der Waals surface area contributed by atoms with Gasteiger partial charge >= 0.3 is 23.9 Å². The third kappa shape index (κ3) is 15.3. The lowest BCUT2D eigenvalue weighted by Crippen LogP contribution is -2.61. The Hall–Kier alpha value is -4.98. The van der Waals surface area contributed by atoms with Gasteiger partial charge in [0.25, 0.3) is 0 Å². The van der Waals surface area contributed by atoms with E-state index in [1.165, 1.54) is 51.0 Å². The number of fused-ring (bicyclic) bond motifs is 5. The molecule has 26 nitrogen and oxygen atoms in total. The van der Waals surface area contributed by atoms with Gasteiger partial charge in [-0.1, -0.05) is 39.3 Å². The van der Waals surface area contributed by atoms with Crippen LogP contribution in [0.15, 0.2) is 60.2 Å². The zero-order valence-corrected chi connectivity index (χ0v) is 54.0. The van der Waals surface area contributed by atoms with Crippen LogP contribution in [-0.2, 0) is 66.4 Å². The average molecular weight is 1320 g/mol. The van der Waals surface area contributed by atoms with Crippen LogP contribution in [-0.4, -0.2) is 229 Å². The van der Waals surface area contributed by atoms with E-state index in [9.17, 15) is 60.0 Å². The van der Waals surface area contributed by atoms with Gasteiger partial charge in [0.1, 0.15) is 60.3 Å². The number of carbonyl (C=O) groups excluding carboxylic acids is 4. The highest BCUT2D eigenvalue weighted by molar-refractivity contribution is 5.90. The number of allylic oxidation sites excluding steroid dienone is 1. The second-order valence-corrected chi connectivity index (χ2v) is 27.1. The van der Waals surface area contributed by atoms with Crippen LogP contribution in [0.25, 0.3) is 0 Å². The van der Waals surface area contributed by atoms with E-state index in [2.05, 4.69) is 19.9 Å². The zero-order valence-electron chi connectivity index (χ0n) is 54.0. The maximum Gasteiger partial charge on any atom is 0.338 e. The molecule has 7 fully saturated rings. The minimum atomic E-state index is -1.69. The number of hydrogen-bond donors (Lipinski definition) is 8. The predicted molar refractivity (Wildman–Crippen MR) is 321 cm³/mol. The number of methoxy groups -OCH3 is 2. The maximum atomic E-state index is 13.4. The van der Waals surface area contributed by atoms with Gasteiger partial charge in [-0.3, -0.25) is 9.59 Å². The summed E-state index contributed by atoms with van der Waals surface area (Å²) in [4.78, 5) is 53.0. The van der Waals surface area contributed by atoms with Crippen LogP contribution >= 0.6 is 0 Å². The Labute approximate surface area is 540 Å². The summed E-state index contributed by atoms with van der Waals surface area (Å²) in [6.07, 6.45) is -18.4. The van der Waals surface area contributed by atoms with Crippen LogP contribution in [0.3, 0.4) is 0 Å². The lowest BCUT2D eigenvalue weighted by molar-refractivity contribution is -0.339. The molecule has 3 saturated carbocycles. The standard InChI is InChI=1S/C67H94O26/c1-32(27-68)9-20-47(88-64-58(86-34(3)69)54(76)49(30-84-64)90-62-56(52(74)45(72)28-82-62)92-60(78)36-10-15-40(80-7)16-11-36)33(2)51-48(26-44-42-19-14-38-25-39(71)21-23-66(38,5)43(42)22-24-67(44,51)6)89-65-59(87-35(4)70)55(77)50(31-85-65)91-63-57(53(75)46(73)29-83-63)93-61(79)37-12-17-41(81-8)18-13-37/h10-18,32-33,39,42-59,62-65,68,71-77H,9,19-31H2,1-8H3/t32-,33-,39+,42-,43+,44+,45-,46-,47+,48+,49-,50-,51+,52+,53+,54+,55+,56-,57-,58-,59-,62+,63+,64+,65+,66+,67+/m1/s1. The molecule has 0 unspecified atom stereocenters. The maximum absolute atomic E-state index is 13.4. The van der Waals surface area contributed by atoms with Crippen molar-refractivity contribution in [3.63, 3.8) is 0 Å². The van der Waals surface area contributed by atoms with E-state index in [-0.39, 0.29) is 53.4 Å². The summed E-state index contributed by atoms with van der Waals surface area (Å²) in [7, 11) is 2.93. The molecule has 4 heterocycles. The van der Waals surface area contributed by atoms with E-state index in [4.69, 9.17) is 66.3 Å². The number of aliphatic hydroxyl groups excluding tert-OH is 8. The molecule has 2 aromatic rings. The van der Waals surface area contributed by atoms with Crippen molar-refractivity contribution in [2.45, 2.75) is 216 Å². The Kier molecular flexibility index (Phi) is 23.0. The van der Waals surface area contributed by atoms with Crippen molar-refractivity contribution < 1.29 is 126 Å². The van der Waals surface area contributed by atoms with Crippen molar-refractivity contribution in [2.75, 3.05) is 47.3 Å². The quantitative estimate of drug-likeness (QED) is 0.0477. The van der Waals surface area contributed by atoms with Gasteiger partial charge in [-0.2, -0.15) is 0 Å². The molecule has 8 N–H and O–H groups in total. The predicted octanol–water partition coefficient (Wildman–Crippen LogP) is 3.04. The summed E-state index contributed by atoms with van der Waals surface area (Å²) in [6.45, 7) is 9.09. The van der Waals surface area contributed by atoms with Crippen molar-refractivity contribution in [1.82, 2.24) is 0 Å². The summed E-state index contributed by atoms with van der Waals surface area (Å²) in [5.74, 6) is -2.99. The van der Waals surface area contributed by atoms with Gasteiger partial charge in [0.2, 0.25) is 0 Å². The summed E-state index contributed by atoms with van der Waals surface area (Å²) in [6, 6.07) is 12.0. The van der Waals surface area contributed by atoms with Gasteiger partial charge in [-0.05, 0) is 153 Å². The first-order valence-electron chi connectivity index (χ1n) is 32.6. The van der Waals surface area contributed by atoms with Crippen molar-refractivity contribution in [3.05, 3.63) is 71.3 Å². The van der Waals surface area contributed by atoms with Crippen LogP contribution < -0.4 is 9.47 Å². The van der Waals surface area contributed by atoms with Gasteiger partial charge in [0, 0.05) is 20.5 Å². The Balaban J connectivity index is 0.921. The molecule has 10 rings (SSSR count). The van der Waals surface area contributed by atoms with Crippen molar-refractivity contribution in [3.8, 4) is 11.5 Å². The normalized spacial score (nSPS) is 40.1. The number of benzene rings is 2. The SMILES string of the molecule is COc1ccc(C(=O)O[C@H]2[C@H](O[C@@H]3CO[C@@H](O[C@@H](CC[C@@H](C)CO)[C@@H](C)[C@H]4[C@@H](O[C@@H]5OC[C@@H](O[C@@H]6OC[C@@H](O)[C@H](O)[C@H]6OC(=O)c6ccc(OC)cc6)[C@H](O)[C@H]5OC(C)=O)C[C@H]5[C@@H]6CC=C7C[C@@H](O)CC[C@]7(C)[C@H]6CC[C@]45C)[C@H](OC(C)=O)[C@H]3O)OC[C@@H](O)[C@@H]2O)cc1. The fraction of sp³-hybridized carbons (Fsp3) is 0.731. The van der Waals surface area contributed by atoms with E-state index in [1.54, 1.807) is 24.3 Å². The summed E-state index contributed by atoms with van der Waals surface area (Å²) in [5, 5.41) is 89.6. The van der Waals surface area contributed by atoms with E-state index in [1.807, 2.05) is 13.8 Å². The molecule has 0 amide bonds. The molecule has 0 bridgehead atoms. The number of carbonyl (C=O) groups is 4. The monoisotopic (exact) mass is 1310 g/mol. The minimum Gasteiger partial charge on any atom is -0.497 e. The van der Waals surface area contributed by atoms with Crippen LogP contribution in [0.5, 0.6) is 11.5 Å². The van der Waals surface area contributed by atoms with E-state index in [0.29, 0.717) is 43.6 Å². The van der Waals surface area contributed by atoms with Gasteiger partial charge in [-0.15, -0.1) is 0 Å². The highest BCUT2D eigenvalue weighted by Crippen LogP contribution is 2.68. The molecule has 27 atom stereocenters. The van der Waals surface area contributed by atoms with Gasteiger partial charge < -0.3 is 107 Å². The van der Waals surface area contributed by atoms with Gasteiger partial charge in [-0.25, -0.2) is 9.59 Å². The molecular formula is C67H94O26. The van der Waals surface area contributed by atoms with Crippen LogP contribution in [0, 0.1) is 46.3 Å². The molecule has 26 heteroatoms. The van der Waals surface area contributed by atoms with Crippen LogP contribution in [0.1, 0.15) is 120 Å². The molecule has 8 aliphatic rings. The molecule has 0 spiro atoms. The summed E-state index contributed by atoms with van der Waals surface area (Å²) >= 11 is 0. The third-order valence-electron chi connectivity index (χ3n) is 21.2. The first-order valence-corrected chi connectivity index (χ1v) is 32.6. The van der Waals surface area contributed by atoms with Crippen molar-refractivity contribution in [1.29, 1.82) is 0 Å². The molecule has 4 aliphatic carbocycles. The lowest BCUT2D eigenvalue weighted by Gasteiger charge is -2.58. The number of esters is 4. The van der Waals surface area contributed by atoms with Crippen molar-refractivity contribution >= 4 is 23.9 Å². The molecular weight excluding hydrogens is 1220 g/mol. The Bertz CT molecular complexity index is 2880. The second kappa shape index (κ2) is 30.2. The first-order chi connectivity index (χ1) is 44.3. The smallest absolute Gasteiger partial charge is 0.338 e. The first kappa shape index (κ1) is 70.8. The van der Waals surface area contributed by atoms with E-state index < -0.39 is 178 Å². The number of rotatable bonds is 22. The fourth-order valence-corrected chi connectivity index (χ4v) is 16.1. The number of aliphatic hydroxyl groups is 8. The number of ether oxygens (including phenoxy) is 14. The Morgan fingerprint density at radius 1 is 0.581 bits per heavy atom. The van der Waals surface area contributed by atoms with E-state index >= 15 is 0 Å². The lowest BCUT2D eigenvalue weighted by atomic mass is 9.47. The average Bonchev–Trinajstić information content (AvgIpc) is 1.63. The molecule has 93 heavy (non-hydrogen) atoms. The zero-order chi connectivity index (χ0) is 66.8. The second-order valence-electron chi connectivity index (χ2n) is 27.1. The highest BCUT2D eigenvalue weighted by Gasteiger charge is 2.64. The van der Waals surface area contributed by atoms with Gasteiger partial charge in [0.15, 0.2) is 49.6 Å². The summed E-state index contributed by atoms with van der Waals surface area (Å²) < 4.78 is 84.8. The molecule has 4 saturated heterocycles. The number of hydrogen-bond acceptors (Lipinski definition) is 26. The van der Waals surface area contributed by atoms with Crippen LogP contribution in [0.4, 0.5) is 0 Å². The fourth-order valence-electron chi connectivity index (χ4n) is 16.1. The molecule has 518 valence electrons. The van der Waals surface area contributed by atoms with Crippen molar-refractivity contribution in [2.24, 2.45) is 46.3 Å². The largest absolute Gasteiger partial charge is 0.497 e. The van der Waals surface area contributed by atoms with Gasteiger partial charge in [0.05, 0.1) is 70.1 Å². The molecule has 2 aromatic carbocycles. The third-order valence-corrected chi connectivity index (χ3v) is 21.2. The topological polar surface area (TPSA) is 359 Å². The Morgan fingerprint density at radius 2 is 1.05 bits per heavy atom. The molecule has 0 aromatic heterocycles. The Morgan fingerprint density at radius 3 is 1.55 bits per heavy atom. The van der Waals surface area contributed by atoms with Crippen LogP contribution in [0.2, 0.25) is 0 Å². The highest BCUT2D eigenvalue weighted by atomic mass is 16.8. The summed E-state index contributed by atoms with van der Waals surface area (Å²) in [5.41, 5.74) is 0.831.